The first-order chi connectivity index (χ1) is 16.3. The highest BCUT2D eigenvalue weighted by molar-refractivity contribution is 7.92. The summed E-state index contributed by atoms with van der Waals surface area (Å²) in [6.45, 7) is 4.89. The Labute approximate surface area is 207 Å². The highest BCUT2D eigenvalue weighted by Crippen LogP contribution is 2.38. The Morgan fingerprint density at radius 3 is 2.26 bits per heavy atom. The second-order valence-corrected chi connectivity index (χ2v) is 10.5. The second-order valence-electron chi connectivity index (χ2n) is 8.28. The number of hydrogen-bond acceptors (Lipinski definition) is 3. The van der Waals surface area contributed by atoms with Gasteiger partial charge in [-0.2, -0.15) is 13.2 Å². The summed E-state index contributed by atoms with van der Waals surface area (Å²) in [5.41, 5.74) is 0.581. The molecule has 0 saturated heterocycles. The first kappa shape index (κ1) is 26.6. The number of hydrogen-bond donors (Lipinski definition) is 1. The molecule has 0 aliphatic heterocycles. The topological polar surface area (TPSA) is 66.5 Å². The van der Waals surface area contributed by atoms with Crippen molar-refractivity contribution < 1.29 is 26.4 Å². The summed E-state index contributed by atoms with van der Waals surface area (Å²) in [5, 5.41) is 2.11. The van der Waals surface area contributed by atoms with Gasteiger partial charge in [0.2, 0.25) is 5.91 Å². The Morgan fingerprint density at radius 1 is 1.03 bits per heavy atom. The molecule has 0 unspecified atom stereocenters. The van der Waals surface area contributed by atoms with Crippen LogP contribution in [0.4, 0.5) is 24.5 Å². The quantitative estimate of drug-likeness (QED) is 0.377. The van der Waals surface area contributed by atoms with Crippen LogP contribution in [-0.4, -0.2) is 20.9 Å². The molecule has 0 spiro atoms. The minimum absolute atomic E-state index is 0.0736. The van der Waals surface area contributed by atoms with E-state index >= 15 is 0 Å². The molecule has 5 nitrogen and oxygen atoms in total. The van der Waals surface area contributed by atoms with Crippen molar-refractivity contribution in [1.82, 2.24) is 0 Å². The molecule has 3 rings (SSSR count). The van der Waals surface area contributed by atoms with Crippen LogP contribution in [0.3, 0.4) is 0 Å². The molecule has 3 aromatic carbocycles. The van der Waals surface area contributed by atoms with Gasteiger partial charge >= 0.3 is 6.18 Å². The molecule has 0 atom stereocenters. The maximum Gasteiger partial charge on any atom is 0.417 e. The number of aryl methyl sites for hydroxylation is 1. The van der Waals surface area contributed by atoms with Gasteiger partial charge in [0.1, 0.15) is 6.54 Å². The average Bonchev–Trinajstić information content (AvgIpc) is 2.77. The van der Waals surface area contributed by atoms with Crippen LogP contribution in [0.5, 0.6) is 0 Å². The minimum atomic E-state index is -4.81. The molecule has 10 heteroatoms. The Balaban J connectivity index is 2.06. The van der Waals surface area contributed by atoms with Gasteiger partial charge in [-0.05, 0) is 54.8 Å². The lowest BCUT2D eigenvalue weighted by Crippen LogP contribution is -2.38. The van der Waals surface area contributed by atoms with Crippen molar-refractivity contribution in [2.75, 3.05) is 16.2 Å². The van der Waals surface area contributed by atoms with Crippen molar-refractivity contribution >= 4 is 38.9 Å². The number of nitrogens with one attached hydrogen (secondary N) is 1. The summed E-state index contributed by atoms with van der Waals surface area (Å²) >= 11 is 5.73. The predicted molar refractivity (Wildman–Crippen MR) is 131 cm³/mol. The van der Waals surface area contributed by atoms with E-state index in [2.05, 4.69) is 5.32 Å². The maximum absolute atomic E-state index is 13.5. The summed E-state index contributed by atoms with van der Waals surface area (Å²) in [7, 11) is -4.40. The molecular weight excluding hydrogens is 501 g/mol. The summed E-state index contributed by atoms with van der Waals surface area (Å²) in [6.07, 6.45) is -4.81. The number of nitrogens with zero attached hydrogens (tertiary/aromatic N) is 1. The van der Waals surface area contributed by atoms with Crippen LogP contribution in [0.2, 0.25) is 5.02 Å². The van der Waals surface area contributed by atoms with Crippen LogP contribution in [0.15, 0.2) is 71.6 Å². The summed E-state index contributed by atoms with van der Waals surface area (Å²) < 4.78 is 68.1. The van der Waals surface area contributed by atoms with E-state index in [0.717, 1.165) is 23.3 Å². The zero-order valence-electron chi connectivity index (χ0n) is 19.2. The number of sulfonamides is 1. The molecule has 0 saturated carbocycles. The van der Waals surface area contributed by atoms with Crippen LogP contribution in [0.1, 0.15) is 36.5 Å². The molecular formula is C25H24ClF3N2O3S. The van der Waals surface area contributed by atoms with Crippen LogP contribution in [0, 0.1) is 6.92 Å². The number of halogens is 4. The van der Waals surface area contributed by atoms with E-state index < -0.39 is 39.2 Å². The van der Waals surface area contributed by atoms with Gasteiger partial charge in [-0.1, -0.05) is 61.3 Å². The lowest BCUT2D eigenvalue weighted by atomic mass is 10.0. The molecule has 35 heavy (non-hydrogen) atoms. The van der Waals surface area contributed by atoms with Crippen LogP contribution in [-0.2, 0) is 21.0 Å². The van der Waals surface area contributed by atoms with Crippen molar-refractivity contribution in [3.8, 4) is 0 Å². The van der Waals surface area contributed by atoms with Crippen LogP contribution >= 0.6 is 11.6 Å². The van der Waals surface area contributed by atoms with E-state index in [4.69, 9.17) is 11.6 Å². The van der Waals surface area contributed by atoms with Gasteiger partial charge in [0, 0.05) is 5.69 Å². The van der Waals surface area contributed by atoms with Crippen molar-refractivity contribution in [3.05, 3.63) is 88.4 Å². The van der Waals surface area contributed by atoms with E-state index in [1.54, 1.807) is 31.2 Å². The Morgan fingerprint density at radius 2 is 1.66 bits per heavy atom. The third-order valence-corrected chi connectivity index (χ3v) is 7.41. The molecule has 0 heterocycles. The SMILES string of the molecule is Cc1ccc(S(=O)(=O)N(CC(=O)Nc2ccccc2C(C)C)c2ccc(Cl)c(C(F)(F)F)c2)cc1. The van der Waals surface area contributed by atoms with Gasteiger partial charge in [0.15, 0.2) is 0 Å². The number of carbonyl (C=O) groups excluding carboxylic acids is 1. The van der Waals surface area contributed by atoms with Gasteiger partial charge in [0.05, 0.1) is 21.2 Å². The Hall–Kier alpha value is -3.04. The first-order valence-electron chi connectivity index (χ1n) is 10.7. The van der Waals surface area contributed by atoms with Crippen molar-refractivity contribution in [1.29, 1.82) is 0 Å². The fraction of sp³-hybridized carbons (Fsp3) is 0.240. The highest BCUT2D eigenvalue weighted by atomic mass is 35.5. The smallest absolute Gasteiger partial charge is 0.324 e. The average molecular weight is 525 g/mol. The first-order valence-corrected chi connectivity index (χ1v) is 12.5. The maximum atomic E-state index is 13.5. The van der Waals surface area contributed by atoms with Crippen LogP contribution in [0.25, 0.3) is 0 Å². The summed E-state index contributed by atoms with van der Waals surface area (Å²) in [5.74, 6) is -0.637. The number of carbonyl (C=O) groups is 1. The number of alkyl halides is 3. The van der Waals surface area contributed by atoms with Crippen molar-refractivity contribution in [2.45, 2.75) is 37.8 Å². The predicted octanol–water partition coefficient (Wildman–Crippen LogP) is 6.62. The molecule has 3 aromatic rings. The third kappa shape index (κ3) is 6.15. The summed E-state index contributed by atoms with van der Waals surface area (Å²) in [4.78, 5) is 12.8. The Bertz CT molecular complexity index is 1320. The molecule has 0 aliphatic rings. The van der Waals surface area contributed by atoms with Gasteiger partial charge in [-0.15, -0.1) is 0 Å². The Kier molecular flexibility index (Phi) is 7.81. The molecule has 1 N–H and O–H groups in total. The lowest BCUT2D eigenvalue weighted by molar-refractivity contribution is -0.137. The standard InChI is InChI=1S/C25H24ClF3N2O3S/c1-16(2)20-6-4-5-7-23(20)30-24(32)15-31(35(33,34)19-11-8-17(3)9-12-19)18-10-13-22(26)21(14-18)25(27,28)29/h4-14,16H,15H2,1-3H3,(H,30,32). The van der Waals surface area contributed by atoms with E-state index in [1.807, 2.05) is 26.0 Å². The zero-order chi connectivity index (χ0) is 26.0. The second kappa shape index (κ2) is 10.3. The summed E-state index contributed by atoms with van der Waals surface area (Å²) in [6, 6.07) is 15.6. The molecule has 0 aliphatic carbocycles. The molecule has 0 fully saturated rings. The fourth-order valence-electron chi connectivity index (χ4n) is 3.47. The van der Waals surface area contributed by atoms with Crippen molar-refractivity contribution in [2.24, 2.45) is 0 Å². The molecule has 186 valence electrons. The fourth-order valence-corrected chi connectivity index (χ4v) is 5.11. The van der Waals surface area contributed by atoms with Gasteiger partial charge in [0.25, 0.3) is 10.0 Å². The van der Waals surface area contributed by atoms with E-state index in [1.165, 1.54) is 12.1 Å². The number of para-hydroxylation sites is 1. The molecule has 0 bridgehead atoms. The van der Waals surface area contributed by atoms with E-state index in [-0.39, 0.29) is 16.5 Å². The normalized spacial score (nSPS) is 12.0. The number of anilines is 2. The molecule has 1 amide bonds. The zero-order valence-corrected chi connectivity index (χ0v) is 20.8. The molecule has 0 radical (unpaired) electrons. The highest BCUT2D eigenvalue weighted by Gasteiger charge is 2.35. The monoisotopic (exact) mass is 524 g/mol. The van der Waals surface area contributed by atoms with Gasteiger partial charge in [-0.25, -0.2) is 8.42 Å². The number of rotatable bonds is 7. The van der Waals surface area contributed by atoms with Gasteiger partial charge in [-0.3, -0.25) is 9.10 Å². The molecule has 0 aromatic heterocycles. The largest absolute Gasteiger partial charge is 0.417 e. The van der Waals surface area contributed by atoms with Crippen molar-refractivity contribution in [3.63, 3.8) is 0 Å². The van der Waals surface area contributed by atoms with E-state index in [9.17, 15) is 26.4 Å². The number of amides is 1. The van der Waals surface area contributed by atoms with Gasteiger partial charge < -0.3 is 5.32 Å². The van der Waals surface area contributed by atoms with E-state index in [0.29, 0.717) is 16.1 Å². The third-order valence-electron chi connectivity index (χ3n) is 5.30. The lowest BCUT2D eigenvalue weighted by Gasteiger charge is -2.25. The van der Waals surface area contributed by atoms with Crippen LogP contribution < -0.4 is 9.62 Å². The minimum Gasteiger partial charge on any atom is -0.324 e. The number of benzene rings is 3.